The van der Waals surface area contributed by atoms with Gasteiger partial charge in [0.25, 0.3) is 0 Å². The monoisotopic (exact) mass is 455 g/mol. The van der Waals surface area contributed by atoms with Crippen molar-refractivity contribution in [3.8, 4) is 11.1 Å². The van der Waals surface area contributed by atoms with Gasteiger partial charge in [-0.25, -0.2) is 18.0 Å². The number of carbonyl (C=O) groups excluding carboxylic acids is 1. The average Bonchev–Trinajstić information content (AvgIpc) is 3.38. The number of halogens is 3. The highest BCUT2D eigenvalue weighted by molar-refractivity contribution is 6.03. The number of carboxylic acid groups (broad SMARTS) is 1. The van der Waals surface area contributed by atoms with Crippen molar-refractivity contribution in [2.24, 2.45) is 0 Å². The molecule has 1 aromatic heterocycles. The molecule has 2 N–H and O–H groups in total. The lowest BCUT2D eigenvalue weighted by atomic mass is 9.93. The van der Waals surface area contributed by atoms with Gasteiger partial charge in [0.15, 0.2) is 0 Å². The van der Waals surface area contributed by atoms with E-state index in [0.29, 0.717) is 24.5 Å². The Hall–Kier alpha value is -3.62. The van der Waals surface area contributed by atoms with Crippen LogP contribution in [0.25, 0.3) is 11.1 Å². The maximum Gasteiger partial charge on any atom is 0.336 e. The van der Waals surface area contributed by atoms with Crippen molar-refractivity contribution < 1.29 is 27.9 Å². The lowest BCUT2D eigenvalue weighted by Crippen LogP contribution is -2.29. The number of benzene rings is 2. The van der Waals surface area contributed by atoms with E-state index in [1.54, 1.807) is 10.9 Å². The first-order valence-electron chi connectivity index (χ1n) is 10.7. The van der Waals surface area contributed by atoms with Gasteiger partial charge in [-0.05, 0) is 50.3 Å². The van der Waals surface area contributed by atoms with Crippen molar-refractivity contribution in [2.75, 3.05) is 5.32 Å². The normalized spacial score (nSPS) is 16.8. The third-order valence-corrected chi connectivity index (χ3v) is 6.55. The van der Waals surface area contributed by atoms with Crippen molar-refractivity contribution in [2.45, 2.75) is 43.6 Å². The molecule has 0 aliphatic heterocycles. The highest BCUT2D eigenvalue weighted by Crippen LogP contribution is 2.50. The average molecular weight is 455 g/mol. The molecule has 0 radical (unpaired) electrons. The van der Waals surface area contributed by atoms with E-state index < -0.39 is 34.7 Å². The van der Waals surface area contributed by atoms with Crippen LogP contribution >= 0.6 is 0 Å². The Morgan fingerprint density at radius 1 is 1.09 bits per heavy atom. The molecule has 0 atom stereocenters. The van der Waals surface area contributed by atoms with Crippen molar-refractivity contribution in [3.05, 3.63) is 71.3 Å². The minimum Gasteiger partial charge on any atom is -0.478 e. The Morgan fingerprint density at radius 2 is 1.85 bits per heavy atom. The van der Waals surface area contributed by atoms with Gasteiger partial charge in [-0.3, -0.25) is 9.48 Å². The molecule has 5 rings (SSSR count). The molecule has 1 heterocycles. The van der Waals surface area contributed by atoms with E-state index in [1.165, 1.54) is 18.3 Å². The largest absolute Gasteiger partial charge is 0.478 e. The van der Waals surface area contributed by atoms with Crippen molar-refractivity contribution >= 4 is 17.6 Å². The van der Waals surface area contributed by atoms with E-state index in [4.69, 9.17) is 0 Å². The van der Waals surface area contributed by atoms with Crippen molar-refractivity contribution in [1.82, 2.24) is 9.78 Å². The van der Waals surface area contributed by atoms with Crippen molar-refractivity contribution in [3.63, 3.8) is 0 Å². The molecule has 170 valence electrons. The first-order valence-corrected chi connectivity index (χ1v) is 10.7. The number of nitrogens with one attached hydrogen (secondary N) is 1. The summed E-state index contributed by atoms with van der Waals surface area (Å²) in [5.74, 6) is -4.37. The topological polar surface area (TPSA) is 84.2 Å². The summed E-state index contributed by atoms with van der Waals surface area (Å²) >= 11 is 0. The van der Waals surface area contributed by atoms with E-state index in [1.807, 2.05) is 0 Å². The number of carbonyl (C=O) groups is 2. The second-order valence-electron chi connectivity index (χ2n) is 8.64. The minimum atomic E-state index is -1.36. The zero-order chi connectivity index (χ0) is 23.3. The quantitative estimate of drug-likeness (QED) is 0.544. The molecule has 2 saturated carbocycles. The lowest BCUT2D eigenvalue weighted by Gasteiger charge is -2.25. The molecule has 1 amide bonds. The number of hydrogen-bond donors (Lipinski definition) is 2. The SMILES string of the molecule is O=C(O)c1cc(NC(=O)C2(c3ccc(F)cc3F)CC2)cc(F)c1-c1cnn(C2CCC2)c1. The number of carboxylic acids is 1. The number of anilines is 1. The first kappa shape index (κ1) is 21.2. The number of amides is 1. The molecule has 0 unspecified atom stereocenters. The van der Waals surface area contributed by atoms with Gasteiger partial charge >= 0.3 is 5.97 Å². The van der Waals surface area contributed by atoms with Crippen LogP contribution in [0.4, 0.5) is 18.9 Å². The van der Waals surface area contributed by atoms with Crippen LogP contribution in [0, 0.1) is 17.5 Å². The third-order valence-electron chi connectivity index (χ3n) is 6.55. The molecule has 33 heavy (non-hydrogen) atoms. The molecule has 6 nitrogen and oxygen atoms in total. The Balaban J connectivity index is 1.45. The van der Waals surface area contributed by atoms with Gasteiger partial charge in [0.05, 0.1) is 23.2 Å². The molecule has 2 aliphatic rings. The molecular weight excluding hydrogens is 435 g/mol. The van der Waals surface area contributed by atoms with Crippen LogP contribution in [0.2, 0.25) is 0 Å². The lowest BCUT2D eigenvalue weighted by molar-refractivity contribution is -0.118. The van der Waals surface area contributed by atoms with Crippen LogP contribution in [0.3, 0.4) is 0 Å². The van der Waals surface area contributed by atoms with E-state index in [9.17, 15) is 23.5 Å². The Kier molecular flexibility index (Phi) is 4.99. The van der Waals surface area contributed by atoms with Crippen LogP contribution in [0.5, 0.6) is 0 Å². The van der Waals surface area contributed by atoms with Crippen LogP contribution in [-0.4, -0.2) is 26.8 Å². The van der Waals surface area contributed by atoms with Crippen LogP contribution in [0.1, 0.15) is 54.1 Å². The number of rotatable bonds is 6. The summed E-state index contributed by atoms with van der Waals surface area (Å²) in [6, 6.07) is 5.46. The van der Waals surface area contributed by atoms with E-state index >= 15 is 4.39 Å². The fraction of sp³-hybridized carbons (Fsp3) is 0.292. The summed E-state index contributed by atoms with van der Waals surface area (Å²) in [5.41, 5.74) is -1.30. The summed E-state index contributed by atoms with van der Waals surface area (Å²) in [6.07, 6.45) is 6.77. The fourth-order valence-corrected chi connectivity index (χ4v) is 4.33. The van der Waals surface area contributed by atoms with Gasteiger partial charge in [-0.15, -0.1) is 0 Å². The fourth-order valence-electron chi connectivity index (χ4n) is 4.33. The highest BCUT2D eigenvalue weighted by Gasteiger charge is 2.52. The van der Waals surface area contributed by atoms with E-state index in [-0.39, 0.29) is 28.4 Å². The number of aromatic carboxylic acids is 1. The summed E-state index contributed by atoms with van der Waals surface area (Å²) in [4.78, 5) is 24.9. The van der Waals surface area contributed by atoms with Gasteiger partial charge in [0.2, 0.25) is 5.91 Å². The van der Waals surface area contributed by atoms with Crippen LogP contribution in [-0.2, 0) is 10.2 Å². The number of aromatic nitrogens is 2. The smallest absolute Gasteiger partial charge is 0.336 e. The molecule has 2 aromatic carbocycles. The first-order chi connectivity index (χ1) is 15.8. The Labute approximate surface area is 187 Å². The predicted molar refractivity (Wildman–Crippen MR) is 113 cm³/mol. The van der Waals surface area contributed by atoms with Gasteiger partial charge in [-0.1, -0.05) is 6.07 Å². The molecule has 2 aliphatic carbocycles. The van der Waals surface area contributed by atoms with E-state index in [0.717, 1.165) is 31.4 Å². The molecular formula is C24H20F3N3O3. The number of hydrogen-bond acceptors (Lipinski definition) is 3. The molecule has 0 saturated heterocycles. The second kappa shape index (κ2) is 7.75. The third kappa shape index (κ3) is 3.67. The molecule has 0 bridgehead atoms. The van der Waals surface area contributed by atoms with Crippen LogP contribution < -0.4 is 5.32 Å². The maximum atomic E-state index is 15.1. The molecule has 3 aromatic rings. The van der Waals surface area contributed by atoms with Gasteiger partial charge in [0.1, 0.15) is 17.5 Å². The molecule has 2 fully saturated rings. The van der Waals surface area contributed by atoms with Gasteiger partial charge in [-0.2, -0.15) is 5.10 Å². The summed E-state index contributed by atoms with van der Waals surface area (Å²) in [5, 5.41) is 16.5. The molecule has 9 heteroatoms. The maximum absolute atomic E-state index is 15.1. The summed E-state index contributed by atoms with van der Waals surface area (Å²) in [7, 11) is 0. The number of nitrogens with zero attached hydrogens (tertiary/aromatic N) is 2. The van der Waals surface area contributed by atoms with Crippen molar-refractivity contribution in [1.29, 1.82) is 0 Å². The predicted octanol–water partition coefficient (Wildman–Crippen LogP) is 5.06. The highest BCUT2D eigenvalue weighted by atomic mass is 19.1. The molecule has 0 spiro atoms. The Morgan fingerprint density at radius 3 is 2.45 bits per heavy atom. The zero-order valence-corrected chi connectivity index (χ0v) is 17.4. The minimum absolute atomic E-state index is 0.0559. The summed E-state index contributed by atoms with van der Waals surface area (Å²) < 4.78 is 44.4. The standard InChI is InChI=1S/C24H20F3N3O3/c25-14-4-5-18(19(26)8-14)24(6-7-24)23(33)29-15-9-17(22(31)32)21(20(27)10-15)13-11-28-30(12-13)16-2-1-3-16/h4-5,8-12,16H,1-3,6-7H2,(H,29,33)(H,31,32). The van der Waals surface area contributed by atoms with Crippen LogP contribution in [0.15, 0.2) is 42.7 Å². The zero-order valence-electron chi connectivity index (χ0n) is 17.4. The Bertz CT molecular complexity index is 1280. The van der Waals surface area contributed by atoms with Gasteiger partial charge in [0, 0.05) is 34.6 Å². The van der Waals surface area contributed by atoms with Gasteiger partial charge < -0.3 is 10.4 Å². The van der Waals surface area contributed by atoms with E-state index in [2.05, 4.69) is 10.4 Å². The summed E-state index contributed by atoms with van der Waals surface area (Å²) in [6.45, 7) is 0. The second-order valence-corrected chi connectivity index (χ2v) is 8.64.